The summed E-state index contributed by atoms with van der Waals surface area (Å²) in [7, 11) is -1.88. The molecule has 5 nitrogen and oxygen atoms in total. The molecule has 0 unspecified atom stereocenters. The molecule has 8 rings (SSSR count). The van der Waals surface area contributed by atoms with E-state index in [9.17, 15) is 0 Å². The van der Waals surface area contributed by atoms with Crippen molar-refractivity contribution in [3.8, 4) is 0 Å². The highest BCUT2D eigenvalue weighted by molar-refractivity contribution is 7.32. The third kappa shape index (κ3) is 4.66. The van der Waals surface area contributed by atoms with Gasteiger partial charge in [-0.3, -0.25) is 4.52 Å². The molecule has 0 radical (unpaired) electrons. The van der Waals surface area contributed by atoms with Gasteiger partial charge in [-0.25, -0.2) is 4.99 Å². The van der Waals surface area contributed by atoms with Gasteiger partial charge in [-0.15, -0.1) is 0 Å². The van der Waals surface area contributed by atoms with E-state index in [2.05, 4.69) is 84.9 Å². The zero-order valence-electron chi connectivity index (χ0n) is 24.4. The van der Waals surface area contributed by atoms with E-state index in [0.717, 1.165) is 54.6 Å². The van der Waals surface area contributed by atoms with E-state index in [1.165, 1.54) is 0 Å². The highest BCUT2D eigenvalue weighted by atomic mass is 31.1. The van der Waals surface area contributed by atoms with Gasteiger partial charge < -0.3 is 13.1 Å². The first-order valence-corrected chi connectivity index (χ1v) is 15.9. The molecule has 2 atom stereocenters. The Balaban J connectivity index is 1.28. The Kier molecular flexibility index (Phi) is 6.52. The summed E-state index contributed by atoms with van der Waals surface area (Å²) in [4.78, 5) is 5.12. The normalized spacial score (nSPS) is 16.8. The van der Waals surface area contributed by atoms with Crippen molar-refractivity contribution in [3.63, 3.8) is 0 Å². The molecule has 1 aliphatic heterocycles. The fourth-order valence-electron chi connectivity index (χ4n) is 6.11. The van der Waals surface area contributed by atoms with E-state index >= 15 is 0 Å². The summed E-state index contributed by atoms with van der Waals surface area (Å²) in [6.45, 7) is 3.92. The molecule has 0 bridgehead atoms. The molecule has 6 aromatic carbocycles. The molecule has 0 aliphatic carbocycles. The summed E-state index contributed by atoms with van der Waals surface area (Å²) >= 11 is 0. The molecule has 0 N–H and O–H groups in total. The summed E-state index contributed by atoms with van der Waals surface area (Å²) in [6, 6.07) is 45.2. The van der Waals surface area contributed by atoms with Gasteiger partial charge in [-0.1, -0.05) is 121 Å². The average molecular weight is 596 g/mol. The number of hydrogen-bond acceptors (Lipinski definition) is 5. The summed E-state index contributed by atoms with van der Waals surface area (Å²) in [6.07, 6.45) is -0.278. The van der Waals surface area contributed by atoms with Crippen molar-refractivity contribution < 1.29 is 17.7 Å². The Hall–Kier alpha value is -4.83. The van der Waals surface area contributed by atoms with Crippen LogP contribution in [0.3, 0.4) is 0 Å². The molecule has 2 heterocycles. The SMILES string of the molecule is CC(C)(Op1oc2ccc3ccccc3c2c2c(ccc3ccccc32)o1)C1=N[C@H](c2ccccc2)[C@H](c2ccccc2)O1. The van der Waals surface area contributed by atoms with E-state index in [0.29, 0.717) is 5.90 Å². The van der Waals surface area contributed by atoms with E-state index < -0.39 is 13.8 Å². The lowest BCUT2D eigenvalue weighted by atomic mass is 9.97. The van der Waals surface area contributed by atoms with Gasteiger partial charge in [0.1, 0.15) is 17.2 Å². The van der Waals surface area contributed by atoms with Gasteiger partial charge in [0.15, 0.2) is 11.7 Å². The third-order valence-electron chi connectivity index (χ3n) is 8.25. The van der Waals surface area contributed by atoms with E-state index in [1.807, 2.05) is 62.4 Å². The van der Waals surface area contributed by atoms with Crippen molar-refractivity contribution in [2.24, 2.45) is 4.99 Å². The van der Waals surface area contributed by atoms with Crippen LogP contribution in [0.1, 0.15) is 37.1 Å². The van der Waals surface area contributed by atoms with E-state index in [1.54, 1.807) is 0 Å². The van der Waals surface area contributed by atoms with E-state index in [-0.39, 0.29) is 12.1 Å². The molecule has 0 saturated carbocycles. The van der Waals surface area contributed by atoms with Crippen LogP contribution < -0.4 is 4.52 Å². The second-order valence-electron chi connectivity index (χ2n) is 11.6. The Morgan fingerprint density at radius 1 is 0.591 bits per heavy atom. The largest absolute Gasteiger partial charge is 0.468 e. The number of ether oxygens (including phenoxy) is 1. The molecular weight excluding hydrogens is 565 g/mol. The molecule has 7 aromatic rings. The zero-order valence-corrected chi connectivity index (χ0v) is 25.3. The van der Waals surface area contributed by atoms with Gasteiger partial charge in [-0.2, -0.15) is 0 Å². The Morgan fingerprint density at radius 3 is 1.66 bits per heavy atom. The Bertz CT molecular complexity index is 2130. The zero-order chi connectivity index (χ0) is 29.7. The smallest absolute Gasteiger partial charge is 0.388 e. The standard InChI is InChI=1S/C38H30NO4P/c1-38(2,37-39-35(27-15-5-3-6-16-27)36(40-37)28-17-7-4-8-18-28)43-44-41-31-23-21-25-13-9-11-19-29(25)33(31)34-30-20-12-10-14-26(30)22-24-32(34)42-44/h3-24,35-36H,1-2H3/t35-,36+/m1/s1. The first-order valence-electron chi connectivity index (χ1n) is 14.8. The summed E-state index contributed by atoms with van der Waals surface area (Å²) in [5.74, 6) is 0.511. The van der Waals surface area contributed by atoms with Crippen LogP contribution in [0.4, 0.5) is 0 Å². The molecule has 44 heavy (non-hydrogen) atoms. The highest BCUT2D eigenvalue weighted by Gasteiger charge is 2.42. The monoisotopic (exact) mass is 595 g/mol. The first-order chi connectivity index (χ1) is 21.5. The van der Waals surface area contributed by atoms with Crippen molar-refractivity contribution in [1.29, 1.82) is 0 Å². The van der Waals surface area contributed by atoms with Crippen LogP contribution in [0.25, 0.3) is 43.5 Å². The maximum atomic E-state index is 6.71. The van der Waals surface area contributed by atoms with Crippen molar-refractivity contribution in [2.75, 3.05) is 0 Å². The predicted octanol–water partition coefficient (Wildman–Crippen LogP) is 10.7. The van der Waals surface area contributed by atoms with Gasteiger partial charge in [-0.05, 0) is 58.7 Å². The molecule has 6 heteroatoms. The van der Waals surface area contributed by atoms with Crippen molar-refractivity contribution >= 4 is 57.6 Å². The minimum Gasteiger partial charge on any atom is -0.468 e. The summed E-state index contributed by atoms with van der Waals surface area (Å²) < 4.78 is 26.6. The molecule has 1 aliphatic rings. The second kappa shape index (κ2) is 10.7. The van der Waals surface area contributed by atoms with Gasteiger partial charge in [0.25, 0.3) is 0 Å². The summed E-state index contributed by atoms with van der Waals surface area (Å²) in [5.41, 5.74) is 2.64. The van der Waals surface area contributed by atoms with Gasteiger partial charge in [0.05, 0.1) is 0 Å². The van der Waals surface area contributed by atoms with Crippen LogP contribution in [-0.2, 0) is 4.74 Å². The molecular formula is C38H30NO4P. The van der Waals surface area contributed by atoms with Crippen LogP contribution in [0.15, 0.2) is 147 Å². The Labute approximate surface area is 256 Å². The number of benzene rings is 6. The lowest BCUT2D eigenvalue weighted by Gasteiger charge is -2.24. The van der Waals surface area contributed by atoms with E-state index in [4.69, 9.17) is 22.6 Å². The van der Waals surface area contributed by atoms with Crippen molar-refractivity contribution in [2.45, 2.75) is 31.6 Å². The van der Waals surface area contributed by atoms with Crippen LogP contribution in [0.2, 0.25) is 0 Å². The molecule has 0 fully saturated rings. The minimum atomic E-state index is -1.88. The fourth-order valence-corrected chi connectivity index (χ4v) is 7.30. The number of fused-ring (bicyclic) bond motifs is 7. The van der Waals surface area contributed by atoms with Crippen LogP contribution in [-0.4, -0.2) is 11.5 Å². The van der Waals surface area contributed by atoms with Gasteiger partial charge in [0.2, 0.25) is 5.90 Å². The second-order valence-corrected chi connectivity index (χ2v) is 12.6. The Morgan fingerprint density at radius 2 is 1.09 bits per heavy atom. The molecule has 0 spiro atoms. The molecule has 1 aromatic heterocycles. The first kappa shape index (κ1) is 26.8. The minimum absolute atomic E-state index is 0.209. The van der Waals surface area contributed by atoms with Gasteiger partial charge in [0, 0.05) is 10.8 Å². The number of aliphatic imine (C=N–C) groups is 1. The quantitative estimate of drug-likeness (QED) is 0.199. The fraction of sp³-hybridized carbons (Fsp3) is 0.132. The number of nitrogens with zero attached hydrogens (tertiary/aromatic N) is 1. The maximum absolute atomic E-state index is 6.71. The van der Waals surface area contributed by atoms with Crippen LogP contribution >= 0.6 is 8.24 Å². The number of hydrogen-bond donors (Lipinski definition) is 0. The highest BCUT2D eigenvalue weighted by Crippen LogP contribution is 2.45. The molecule has 0 amide bonds. The van der Waals surface area contributed by atoms with Crippen molar-refractivity contribution in [3.05, 3.63) is 145 Å². The van der Waals surface area contributed by atoms with Crippen molar-refractivity contribution in [1.82, 2.24) is 0 Å². The molecule has 0 saturated heterocycles. The topological polar surface area (TPSA) is 57.1 Å². The summed E-state index contributed by atoms with van der Waals surface area (Å²) in [5, 5.41) is 6.47. The van der Waals surface area contributed by atoms with Gasteiger partial charge >= 0.3 is 8.24 Å². The van der Waals surface area contributed by atoms with Crippen LogP contribution in [0, 0.1) is 0 Å². The predicted molar refractivity (Wildman–Crippen MR) is 179 cm³/mol. The lowest BCUT2D eigenvalue weighted by molar-refractivity contribution is 0.141. The van der Waals surface area contributed by atoms with Crippen LogP contribution in [0.5, 0.6) is 0 Å². The lowest BCUT2D eigenvalue weighted by Crippen LogP contribution is -2.37. The average Bonchev–Trinajstić information content (AvgIpc) is 3.46. The molecule has 216 valence electrons. The number of rotatable bonds is 5. The third-order valence-corrected chi connectivity index (χ3v) is 9.54. The maximum Gasteiger partial charge on any atom is 0.388 e.